The zero-order chi connectivity index (χ0) is 21.4. The standard InChI is InChI=1S/C17H22F3N7O2/c1-10-8-13(23-12-4-6-21-25-12)24-14(22-10)26-7-5-11(9-26)27(15(28)29)16(2,3)17(18,19)20/h4,6,8,11H,5,7,9H2,1-3H3,(H,28,29)(H2,21,22,23,24,25)/p-1/t11-/m0/s1. The molecule has 2 aromatic rings. The quantitative estimate of drug-likeness (QED) is 0.770. The van der Waals surface area contributed by atoms with Gasteiger partial charge in [-0.1, -0.05) is 0 Å². The molecule has 29 heavy (non-hydrogen) atoms. The van der Waals surface area contributed by atoms with Gasteiger partial charge in [0.15, 0.2) is 0 Å². The monoisotopic (exact) mass is 412 g/mol. The summed E-state index contributed by atoms with van der Waals surface area (Å²) >= 11 is 0. The summed E-state index contributed by atoms with van der Waals surface area (Å²) in [6.07, 6.45) is -4.82. The van der Waals surface area contributed by atoms with Crippen LogP contribution in [0.15, 0.2) is 18.3 Å². The number of aromatic amines is 1. The summed E-state index contributed by atoms with van der Waals surface area (Å²) < 4.78 is 40.2. The van der Waals surface area contributed by atoms with Crippen molar-refractivity contribution in [3.05, 3.63) is 24.0 Å². The first-order chi connectivity index (χ1) is 13.5. The van der Waals surface area contributed by atoms with Crippen LogP contribution in [0.2, 0.25) is 0 Å². The Morgan fingerprint density at radius 1 is 1.38 bits per heavy atom. The first-order valence-corrected chi connectivity index (χ1v) is 8.93. The fraction of sp³-hybridized carbons (Fsp3) is 0.529. The minimum Gasteiger partial charge on any atom is -0.530 e. The van der Waals surface area contributed by atoms with E-state index in [2.05, 4.69) is 25.5 Å². The molecule has 3 heterocycles. The molecule has 0 aromatic carbocycles. The predicted octanol–water partition coefficient (Wildman–Crippen LogP) is 1.82. The molecule has 9 nitrogen and oxygen atoms in total. The number of carbonyl (C=O) groups is 1. The zero-order valence-electron chi connectivity index (χ0n) is 16.1. The van der Waals surface area contributed by atoms with Crippen LogP contribution in [0.25, 0.3) is 0 Å². The highest BCUT2D eigenvalue weighted by Gasteiger charge is 2.54. The predicted molar refractivity (Wildman–Crippen MR) is 96.6 cm³/mol. The Bertz CT molecular complexity index is 870. The first-order valence-electron chi connectivity index (χ1n) is 8.93. The second-order valence-corrected chi connectivity index (χ2v) is 7.37. The van der Waals surface area contributed by atoms with Crippen LogP contribution < -0.4 is 15.3 Å². The molecule has 2 aromatic heterocycles. The molecule has 158 valence electrons. The van der Waals surface area contributed by atoms with E-state index in [1.165, 1.54) is 0 Å². The lowest BCUT2D eigenvalue weighted by molar-refractivity contribution is -0.294. The Kier molecular flexibility index (Phi) is 5.28. The van der Waals surface area contributed by atoms with E-state index in [1.807, 2.05) is 0 Å². The minimum atomic E-state index is -4.73. The van der Waals surface area contributed by atoms with Gasteiger partial charge in [0.25, 0.3) is 0 Å². The van der Waals surface area contributed by atoms with E-state index in [4.69, 9.17) is 0 Å². The average Bonchev–Trinajstić information content (AvgIpc) is 3.25. The normalized spacial score (nSPS) is 17.4. The van der Waals surface area contributed by atoms with E-state index in [0.29, 0.717) is 34.7 Å². The van der Waals surface area contributed by atoms with Gasteiger partial charge in [-0.25, -0.2) is 4.98 Å². The first kappa shape index (κ1) is 20.7. The zero-order valence-corrected chi connectivity index (χ0v) is 16.1. The molecule has 0 unspecified atom stereocenters. The summed E-state index contributed by atoms with van der Waals surface area (Å²) in [5, 5.41) is 21.1. The van der Waals surface area contributed by atoms with E-state index in [9.17, 15) is 23.1 Å². The topological polar surface area (TPSA) is 113 Å². The number of aryl methyl sites for hydroxylation is 1. The van der Waals surface area contributed by atoms with Crippen LogP contribution in [-0.2, 0) is 0 Å². The third-order valence-corrected chi connectivity index (χ3v) is 4.91. The lowest BCUT2D eigenvalue weighted by Gasteiger charge is -2.45. The number of nitrogens with zero attached hydrogens (tertiary/aromatic N) is 5. The second-order valence-electron chi connectivity index (χ2n) is 7.37. The molecule has 1 aliphatic rings. The summed E-state index contributed by atoms with van der Waals surface area (Å²) in [6.45, 7) is 3.77. The Hall–Kier alpha value is -3.05. The van der Waals surface area contributed by atoms with Crippen molar-refractivity contribution in [3.63, 3.8) is 0 Å². The lowest BCUT2D eigenvalue weighted by atomic mass is 9.99. The van der Waals surface area contributed by atoms with Crippen LogP contribution in [-0.4, -0.2) is 62.0 Å². The van der Waals surface area contributed by atoms with Gasteiger partial charge in [0.05, 0.1) is 12.2 Å². The fourth-order valence-corrected chi connectivity index (χ4v) is 3.33. The van der Waals surface area contributed by atoms with Crippen molar-refractivity contribution in [1.82, 2.24) is 25.1 Å². The van der Waals surface area contributed by atoms with E-state index in [0.717, 1.165) is 13.8 Å². The number of anilines is 3. The SMILES string of the molecule is Cc1cc(Nc2ccn[nH]2)nc(N2CC[C@H](N(C(=O)[O-])C(C)(C)C(F)(F)F)C2)n1. The molecule has 2 N–H and O–H groups in total. The molecule has 1 atom stereocenters. The molecule has 1 saturated heterocycles. The van der Waals surface area contributed by atoms with Crippen molar-refractivity contribution < 1.29 is 23.1 Å². The highest BCUT2D eigenvalue weighted by Crippen LogP contribution is 2.38. The number of alkyl halides is 3. The summed E-state index contributed by atoms with van der Waals surface area (Å²) in [5.74, 6) is 1.40. The van der Waals surface area contributed by atoms with E-state index in [1.54, 1.807) is 30.2 Å². The minimum absolute atomic E-state index is 0.0282. The maximum absolute atomic E-state index is 13.4. The van der Waals surface area contributed by atoms with Crippen LogP contribution in [0.4, 0.5) is 35.5 Å². The Morgan fingerprint density at radius 3 is 2.69 bits per heavy atom. The number of carboxylic acid groups (broad SMARTS) is 1. The van der Waals surface area contributed by atoms with Gasteiger partial charge in [0, 0.05) is 30.9 Å². The highest BCUT2D eigenvalue weighted by atomic mass is 19.4. The highest BCUT2D eigenvalue weighted by molar-refractivity contribution is 5.65. The molecular weight excluding hydrogens is 391 g/mol. The van der Waals surface area contributed by atoms with Gasteiger partial charge >= 0.3 is 6.18 Å². The largest absolute Gasteiger partial charge is 0.530 e. The van der Waals surface area contributed by atoms with Gasteiger partial charge in [-0.3, -0.25) is 5.10 Å². The van der Waals surface area contributed by atoms with Gasteiger partial charge in [0.2, 0.25) is 5.95 Å². The Balaban J connectivity index is 1.81. The number of H-pyrrole nitrogens is 1. The maximum atomic E-state index is 13.4. The summed E-state index contributed by atoms with van der Waals surface area (Å²) in [6, 6.07) is 2.52. The third kappa shape index (κ3) is 4.20. The number of hydrogen-bond donors (Lipinski definition) is 2. The molecule has 1 amide bonds. The van der Waals surface area contributed by atoms with Crippen molar-refractivity contribution >= 4 is 23.7 Å². The lowest BCUT2D eigenvalue weighted by Crippen LogP contribution is -2.64. The van der Waals surface area contributed by atoms with Crippen LogP contribution in [0, 0.1) is 6.92 Å². The van der Waals surface area contributed by atoms with Crippen molar-refractivity contribution in [1.29, 1.82) is 0 Å². The summed E-state index contributed by atoms with van der Waals surface area (Å²) in [4.78, 5) is 22.3. The molecule has 0 aliphatic carbocycles. The fourth-order valence-electron chi connectivity index (χ4n) is 3.33. The second kappa shape index (κ2) is 7.41. The van der Waals surface area contributed by atoms with E-state index >= 15 is 0 Å². The van der Waals surface area contributed by atoms with Crippen molar-refractivity contribution in [3.8, 4) is 0 Å². The van der Waals surface area contributed by atoms with Crippen LogP contribution in [0.5, 0.6) is 0 Å². The van der Waals surface area contributed by atoms with Crippen molar-refractivity contribution in [2.24, 2.45) is 0 Å². The Labute approximate surface area is 164 Å². The number of nitrogens with one attached hydrogen (secondary N) is 2. The molecule has 0 spiro atoms. The number of amides is 1. The van der Waals surface area contributed by atoms with Gasteiger partial charge in [-0.05, 0) is 27.2 Å². The van der Waals surface area contributed by atoms with Gasteiger partial charge in [-0.2, -0.15) is 23.3 Å². The van der Waals surface area contributed by atoms with Gasteiger partial charge in [-0.15, -0.1) is 0 Å². The average molecular weight is 412 g/mol. The van der Waals surface area contributed by atoms with Crippen LogP contribution in [0.3, 0.4) is 0 Å². The van der Waals surface area contributed by atoms with Crippen molar-refractivity contribution in [2.75, 3.05) is 23.3 Å². The van der Waals surface area contributed by atoms with Gasteiger partial charge in [0.1, 0.15) is 23.3 Å². The number of aromatic nitrogens is 4. The van der Waals surface area contributed by atoms with E-state index < -0.39 is 23.9 Å². The number of rotatable bonds is 5. The maximum Gasteiger partial charge on any atom is 0.411 e. The van der Waals surface area contributed by atoms with Crippen molar-refractivity contribution in [2.45, 2.75) is 44.9 Å². The summed E-state index contributed by atoms with van der Waals surface area (Å²) in [5.41, 5.74) is -1.93. The smallest absolute Gasteiger partial charge is 0.411 e. The molecule has 0 bridgehead atoms. The number of halogens is 3. The van der Waals surface area contributed by atoms with Gasteiger partial charge < -0.3 is 25.0 Å². The molecular formula is C17H21F3N7O2-. The number of carbonyl (C=O) groups excluding carboxylic acids is 1. The number of hydrogen-bond acceptors (Lipinski definition) is 7. The molecule has 0 saturated carbocycles. The molecule has 0 radical (unpaired) electrons. The summed E-state index contributed by atoms with van der Waals surface area (Å²) in [7, 11) is 0. The van der Waals surface area contributed by atoms with Crippen LogP contribution in [0.1, 0.15) is 26.0 Å². The molecule has 12 heteroatoms. The molecule has 3 rings (SSSR count). The molecule has 1 fully saturated rings. The molecule has 1 aliphatic heterocycles. The Morgan fingerprint density at radius 2 is 2.10 bits per heavy atom. The van der Waals surface area contributed by atoms with E-state index in [-0.39, 0.29) is 13.0 Å². The van der Waals surface area contributed by atoms with Crippen LogP contribution >= 0.6 is 0 Å². The third-order valence-electron chi connectivity index (χ3n) is 4.91.